The predicted octanol–water partition coefficient (Wildman–Crippen LogP) is 3.16. The predicted molar refractivity (Wildman–Crippen MR) is 80.4 cm³/mol. The molecule has 104 valence electrons. The van der Waals surface area contributed by atoms with E-state index in [1.807, 2.05) is 61.5 Å². The van der Waals surface area contributed by atoms with Crippen LogP contribution in [0.1, 0.15) is 24.0 Å². The molecule has 0 heterocycles. The summed E-state index contributed by atoms with van der Waals surface area (Å²) >= 11 is 0. The van der Waals surface area contributed by atoms with Crippen LogP contribution in [0.3, 0.4) is 0 Å². The van der Waals surface area contributed by atoms with Crippen LogP contribution < -0.4 is 5.73 Å². The summed E-state index contributed by atoms with van der Waals surface area (Å²) in [6.07, 6.45) is 0.614. The normalized spacial score (nSPS) is 11.8. The fourth-order valence-electron chi connectivity index (χ4n) is 2.15. The first-order valence-corrected chi connectivity index (χ1v) is 6.76. The van der Waals surface area contributed by atoms with E-state index in [2.05, 4.69) is 0 Å². The summed E-state index contributed by atoms with van der Waals surface area (Å²) in [5.74, 6) is -0.463. The van der Waals surface area contributed by atoms with Gasteiger partial charge < -0.3 is 10.5 Å². The van der Waals surface area contributed by atoms with E-state index in [1.165, 1.54) is 0 Å². The van der Waals surface area contributed by atoms with Crippen LogP contribution >= 0.6 is 0 Å². The van der Waals surface area contributed by atoms with Gasteiger partial charge in [0.15, 0.2) is 0 Å². The first-order valence-electron chi connectivity index (χ1n) is 6.76. The van der Waals surface area contributed by atoms with Crippen molar-refractivity contribution in [3.8, 4) is 0 Å². The quantitative estimate of drug-likeness (QED) is 0.670. The molecule has 0 spiro atoms. The average molecular weight is 269 g/mol. The molecule has 2 aromatic rings. The standard InChI is InChI=1S/C17H19NO2/c1-2-20-17(19)16(14-6-4-3-5-7-14)12-13-8-10-15(18)11-9-13/h3-11,16H,2,12,18H2,1H3. The van der Waals surface area contributed by atoms with Crippen LogP contribution in [0.15, 0.2) is 54.6 Å². The molecule has 2 rings (SSSR count). The molecule has 0 radical (unpaired) electrons. The van der Waals surface area contributed by atoms with Crippen LogP contribution in [0.4, 0.5) is 5.69 Å². The second kappa shape index (κ2) is 6.75. The molecule has 0 saturated carbocycles. The highest BCUT2D eigenvalue weighted by Crippen LogP contribution is 2.23. The topological polar surface area (TPSA) is 52.3 Å². The number of rotatable bonds is 5. The van der Waals surface area contributed by atoms with Gasteiger partial charge in [0, 0.05) is 5.69 Å². The highest BCUT2D eigenvalue weighted by atomic mass is 16.5. The zero-order chi connectivity index (χ0) is 14.4. The molecule has 20 heavy (non-hydrogen) atoms. The maximum atomic E-state index is 12.2. The van der Waals surface area contributed by atoms with Crippen LogP contribution in [0.2, 0.25) is 0 Å². The molecular weight excluding hydrogens is 250 g/mol. The number of benzene rings is 2. The number of carbonyl (C=O) groups is 1. The summed E-state index contributed by atoms with van der Waals surface area (Å²) in [6.45, 7) is 2.22. The highest BCUT2D eigenvalue weighted by Gasteiger charge is 2.22. The van der Waals surface area contributed by atoms with E-state index in [0.29, 0.717) is 13.0 Å². The van der Waals surface area contributed by atoms with E-state index >= 15 is 0 Å². The third-order valence-electron chi connectivity index (χ3n) is 3.19. The van der Waals surface area contributed by atoms with Gasteiger partial charge in [0.25, 0.3) is 0 Å². The number of nitrogen functional groups attached to an aromatic ring is 1. The van der Waals surface area contributed by atoms with E-state index in [0.717, 1.165) is 16.8 Å². The lowest BCUT2D eigenvalue weighted by atomic mass is 9.92. The number of ether oxygens (including phenoxy) is 1. The molecular formula is C17H19NO2. The molecule has 0 saturated heterocycles. The number of esters is 1. The summed E-state index contributed by atoms with van der Waals surface area (Å²) in [5, 5.41) is 0. The Hall–Kier alpha value is -2.29. The van der Waals surface area contributed by atoms with Gasteiger partial charge in [-0.1, -0.05) is 42.5 Å². The fraction of sp³-hybridized carbons (Fsp3) is 0.235. The van der Waals surface area contributed by atoms with E-state index < -0.39 is 0 Å². The van der Waals surface area contributed by atoms with Crippen LogP contribution in [-0.4, -0.2) is 12.6 Å². The summed E-state index contributed by atoms with van der Waals surface area (Å²) < 4.78 is 5.19. The monoisotopic (exact) mass is 269 g/mol. The Kier molecular flexibility index (Phi) is 4.77. The second-order valence-corrected chi connectivity index (χ2v) is 4.66. The van der Waals surface area contributed by atoms with Gasteiger partial charge in [0.1, 0.15) is 0 Å². The van der Waals surface area contributed by atoms with Gasteiger partial charge in [0.05, 0.1) is 12.5 Å². The average Bonchev–Trinajstić information content (AvgIpc) is 2.48. The molecule has 0 fully saturated rings. The Bertz CT molecular complexity index is 549. The third kappa shape index (κ3) is 3.60. The summed E-state index contributed by atoms with van der Waals surface area (Å²) in [5.41, 5.74) is 8.45. The number of hydrogen-bond donors (Lipinski definition) is 1. The third-order valence-corrected chi connectivity index (χ3v) is 3.19. The Morgan fingerprint density at radius 1 is 1.10 bits per heavy atom. The minimum absolute atomic E-state index is 0.185. The van der Waals surface area contributed by atoms with Crippen molar-refractivity contribution in [3.05, 3.63) is 65.7 Å². The Morgan fingerprint density at radius 2 is 1.75 bits per heavy atom. The van der Waals surface area contributed by atoms with Gasteiger partial charge in [-0.15, -0.1) is 0 Å². The lowest BCUT2D eigenvalue weighted by Gasteiger charge is -2.16. The van der Waals surface area contributed by atoms with E-state index in [4.69, 9.17) is 10.5 Å². The number of anilines is 1. The van der Waals surface area contributed by atoms with Crippen molar-refractivity contribution < 1.29 is 9.53 Å². The zero-order valence-corrected chi connectivity index (χ0v) is 11.6. The number of carbonyl (C=O) groups excluding carboxylic acids is 1. The van der Waals surface area contributed by atoms with Crippen molar-refractivity contribution in [2.24, 2.45) is 0 Å². The number of hydrogen-bond acceptors (Lipinski definition) is 3. The van der Waals surface area contributed by atoms with Gasteiger partial charge >= 0.3 is 5.97 Å². The van der Waals surface area contributed by atoms with Crippen molar-refractivity contribution in [2.75, 3.05) is 12.3 Å². The minimum Gasteiger partial charge on any atom is -0.466 e. The first kappa shape index (κ1) is 14.1. The van der Waals surface area contributed by atoms with Crippen LogP contribution in [-0.2, 0) is 16.0 Å². The Balaban J connectivity index is 2.23. The lowest BCUT2D eigenvalue weighted by molar-refractivity contribution is -0.144. The fourth-order valence-corrected chi connectivity index (χ4v) is 2.15. The van der Waals surface area contributed by atoms with Gasteiger partial charge in [-0.25, -0.2) is 0 Å². The molecule has 0 bridgehead atoms. The molecule has 0 aliphatic rings. The maximum absolute atomic E-state index is 12.2. The first-order chi connectivity index (χ1) is 9.70. The van der Waals surface area contributed by atoms with Crippen molar-refractivity contribution >= 4 is 11.7 Å². The van der Waals surface area contributed by atoms with Crippen molar-refractivity contribution in [3.63, 3.8) is 0 Å². The van der Waals surface area contributed by atoms with Gasteiger partial charge in [-0.05, 0) is 36.6 Å². The van der Waals surface area contributed by atoms with E-state index in [9.17, 15) is 4.79 Å². The molecule has 1 atom stereocenters. The van der Waals surface area contributed by atoms with Crippen molar-refractivity contribution in [2.45, 2.75) is 19.3 Å². The van der Waals surface area contributed by atoms with Crippen molar-refractivity contribution in [1.29, 1.82) is 0 Å². The Morgan fingerprint density at radius 3 is 2.35 bits per heavy atom. The smallest absolute Gasteiger partial charge is 0.313 e. The van der Waals surface area contributed by atoms with Crippen LogP contribution in [0, 0.1) is 0 Å². The zero-order valence-electron chi connectivity index (χ0n) is 11.6. The summed E-state index contributed by atoms with van der Waals surface area (Å²) in [4.78, 5) is 12.2. The molecule has 3 heteroatoms. The minimum atomic E-state index is -0.278. The molecule has 0 aliphatic carbocycles. The summed E-state index contributed by atoms with van der Waals surface area (Å²) in [6, 6.07) is 17.3. The van der Waals surface area contributed by atoms with Gasteiger partial charge in [-0.3, -0.25) is 4.79 Å². The summed E-state index contributed by atoms with van der Waals surface area (Å²) in [7, 11) is 0. The van der Waals surface area contributed by atoms with Crippen LogP contribution in [0.25, 0.3) is 0 Å². The number of nitrogens with two attached hydrogens (primary N) is 1. The largest absolute Gasteiger partial charge is 0.466 e. The van der Waals surface area contributed by atoms with E-state index in [1.54, 1.807) is 0 Å². The van der Waals surface area contributed by atoms with Gasteiger partial charge in [0.2, 0.25) is 0 Å². The molecule has 1 unspecified atom stereocenters. The molecule has 2 N–H and O–H groups in total. The molecule has 0 aliphatic heterocycles. The van der Waals surface area contributed by atoms with Crippen molar-refractivity contribution in [1.82, 2.24) is 0 Å². The lowest BCUT2D eigenvalue weighted by Crippen LogP contribution is -2.18. The highest BCUT2D eigenvalue weighted by molar-refractivity contribution is 5.78. The van der Waals surface area contributed by atoms with Crippen LogP contribution in [0.5, 0.6) is 0 Å². The van der Waals surface area contributed by atoms with Gasteiger partial charge in [-0.2, -0.15) is 0 Å². The second-order valence-electron chi connectivity index (χ2n) is 4.66. The molecule has 0 amide bonds. The SMILES string of the molecule is CCOC(=O)C(Cc1ccc(N)cc1)c1ccccc1. The molecule has 3 nitrogen and oxygen atoms in total. The Labute approximate surface area is 119 Å². The molecule has 2 aromatic carbocycles. The molecule has 0 aromatic heterocycles. The maximum Gasteiger partial charge on any atom is 0.313 e. The van der Waals surface area contributed by atoms with E-state index in [-0.39, 0.29) is 11.9 Å².